The normalized spacial score (nSPS) is 11.5. The van der Waals surface area contributed by atoms with Crippen molar-refractivity contribution in [3.63, 3.8) is 0 Å². The number of halogens is 3. The molecule has 0 aliphatic carbocycles. The molecule has 37 heavy (non-hydrogen) atoms. The summed E-state index contributed by atoms with van der Waals surface area (Å²) in [5, 5.41) is 6.81. The quantitative estimate of drug-likeness (QED) is 0.292. The fraction of sp³-hybridized carbons (Fsp3) is 0.111. The molecule has 3 heterocycles. The second-order valence-corrected chi connectivity index (χ2v) is 8.49. The van der Waals surface area contributed by atoms with Gasteiger partial charge in [-0.2, -0.15) is 13.2 Å². The molecule has 10 heteroatoms. The molecule has 7 nitrogen and oxygen atoms in total. The van der Waals surface area contributed by atoms with E-state index < -0.39 is 17.6 Å². The van der Waals surface area contributed by atoms with Crippen LogP contribution in [0.25, 0.3) is 22.4 Å². The van der Waals surface area contributed by atoms with Gasteiger partial charge < -0.3 is 15.2 Å². The van der Waals surface area contributed by atoms with Gasteiger partial charge in [-0.15, -0.1) is 0 Å². The van der Waals surface area contributed by atoms with E-state index in [2.05, 4.69) is 20.6 Å². The van der Waals surface area contributed by atoms with Crippen molar-refractivity contribution >= 4 is 34.1 Å². The standard InChI is InChI=1S/C27H21F3N6O/c1-16-8-9-20(32-26(37)17-5-3-7-19(13-17)27(28,29)30)14-22(16)33-24-21-10-12-36(2)25(21)35-23(34-24)18-6-4-11-31-15-18/h3-15H,1-2H3,(H,32,37)(H,33,34,35). The van der Waals surface area contributed by atoms with Gasteiger partial charge in [-0.3, -0.25) is 9.78 Å². The summed E-state index contributed by atoms with van der Waals surface area (Å²) in [5.74, 6) is 0.415. The van der Waals surface area contributed by atoms with E-state index >= 15 is 0 Å². The maximum absolute atomic E-state index is 13.1. The van der Waals surface area contributed by atoms with Gasteiger partial charge >= 0.3 is 6.18 Å². The van der Waals surface area contributed by atoms with Gasteiger partial charge in [0.2, 0.25) is 0 Å². The molecule has 0 saturated carbocycles. The van der Waals surface area contributed by atoms with Gasteiger partial charge in [-0.25, -0.2) is 9.97 Å². The number of benzene rings is 2. The molecule has 0 aliphatic rings. The van der Waals surface area contributed by atoms with Crippen LogP contribution in [-0.4, -0.2) is 25.4 Å². The van der Waals surface area contributed by atoms with E-state index in [-0.39, 0.29) is 5.56 Å². The minimum atomic E-state index is -4.54. The van der Waals surface area contributed by atoms with Crippen molar-refractivity contribution in [3.05, 3.63) is 95.9 Å². The fourth-order valence-corrected chi connectivity index (χ4v) is 3.86. The second-order valence-electron chi connectivity index (χ2n) is 8.49. The number of hydrogen-bond acceptors (Lipinski definition) is 5. The average molecular weight is 503 g/mol. The Hall–Kier alpha value is -4.73. The molecule has 3 aromatic heterocycles. The molecule has 0 spiro atoms. The number of hydrogen-bond donors (Lipinski definition) is 2. The Labute approximate surface area is 210 Å². The van der Waals surface area contributed by atoms with Crippen molar-refractivity contribution in [1.82, 2.24) is 19.5 Å². The Morgan fingerprint density at radius 2 is 1.84 bits per heavy atom. The minimum absolute atomic E-state index is 0.0900. The first-order valence-electron chi connectivity index (χ1n) is 11.3. The lowest BCUT2D eigenvalue weighted by Gasteiger charge is -2.14. The molecule has 5 aromatic rings. The molecule has 186 valence electrons. The van der Waals surface area contributed by atoms with Crippen LogP contribution in [0.1, 0.15) is 21.5 Å². The average Bonchev–Trinajstić information content (AvgIpc) is 3.27. The number of alkyl halides is 3. The largest absolute Gasteiger partial charge is 0.416 e. The SMILES string of the molecule is Cc1ccc(NC(=O)c2cccc(C(F)(F)F)c2)cc1Nc1nc(-c2cccnc2)nc2c1ccn2C. The third-order valence-corrected chi connectivity index (χ3v) is 5.84. The molecule has 2 N–H and O–H groups in total. The molecule has 0 saturated heterocycles. The summed E-state index contributed by atoms with van der Waals surface area (Å²) in [6, 6.07) is 15.1. The first-order chi connectivity index (χ1) is 17.7. The van der Waals surface area contributed by atoms with Crippen LogP contribution in [0.4, 0.5) is 30.4 Å². The highest BCUT2D eigenvalue weighted by Gasteiger charge is 2.30. The Bertz CT molecular complexity index is 1610. The number of nitrogens with zero attached hydrogens (tertiary/aromatic N) is 4. The zero-order chi connectivity index (χ0) is 26.2. The van der Waals surface area contributed by atoms with Crippen LogP contribution >= 0.6 is 0 Å². The van der Waals surface area contributed by atoms with Crippen LogP contribution in [0.5, 0.6) is 0 Å². The van der Waals surface area contributed by atoms with E-state index in [4.69, 9.17) is 4.98 Å². The van der Waals surface area contributed by atoms with Gasteiger partial charge in [0.25, 0.3) is 5.91 Å². The second kappa shape index (κ2) is 9.38. The number of fused-ring (bicyclic) bond motifs is 1. The molecule has 0 fully saturated rings. The lowest BCUT2D eigenvalue weighted by molar-refractivity contribution is -0.137. The summed E-state index contributed by atoms with van der Waals surface area (Å²) >= 11 is 0. The lowest BCUT2D eigenvalue weighted by atomic mass is 10.1. The maximum atomic E-state index is 13.1. The molecular formula is C27H21F3N6O. The third-order valence-electron chi connectivity index (χ3n) is 5.84. The number of aryl methyl sites for hydroxylation is 2. The number of rotatable bonds is 5. The predicted octanol–water partition coefficient (Wildman–Crippen LogP) is 6.35. The first kappa shape index (κ1) is 24.0. The van der Waals surface area contributed by atoms with Gasteiger partial charge in [-0.05, 0) is 61.0 Å². The van der Waals surface area contributed by atoms with E-state index in [1.807, 2.05) is 42.9 Å². The zero-order valence-corrected chi connectivity index (χ0v) is 19.8. The van der Waals surface area contributed by atoms with Crippen molar-refractivity contribution in [1.29, 1.82) is 0 Å². The van der Waals surface area contributed by atoms with Gasteiger partial charge in [0.1, 0.15) is 11.5 Å². The molecule has 0 atom stereocenters. The summed E-state index contributed by atoms with van der Waals surface area (Å²) in [5.41, 5.74) is 2.47. The summed E-state index contributed by atoms with van der Waals surface area (Å²) in [6.07, 6.45) is 0.706. The van der Waals surface area contributed by atoms with Crippen LogP contribution in [-0.2, 0) is 13.2 Å². The van der Waals surface area contributed by atoms with Crippen molar-refractivity contribution < 1.29 is 18.0 Å². The highest BCUT2D eigenvalue weighted by Crippen LogP contribution is 2.31. The number of nitrogens with one attached hydrogen (secondary N) is 2. The van der Waals surface area contributed by atoms with Gasteiger partial charge in [-0.1, -0.05) is 12.1 Å². The first-order valence-corrected chi connectivity index (χ1v) is 11.3. The van der Waals surface area contributed by atoms with Crippen LogP contribution in [0.2, 0.25) is 0 Å². The number of aromatic nitrogens is 4. The van der Waals surface area contributed by atoms with Crippen molar-refractivity contribution in [2.75, 3.05) is 10.6 Å². The van der Waals surface area contributed by atoms with E-state index in [0.29, 0.717) is 23.0 Å². The van der Waals surface area contributed by atoms with Crippen LogP contribution in [0.15, 0.2) is 79.3 Å². The van der Waals surface area contributed by atoms with Crippen molar-refractivity contribution in [2.45, 2.75) is 13.1 Å². The third kappa shape index (κ3) is 4.99. The lowest BCUT2D eigenvalue weighted by Crippen LogP contribution is -2.14. The van der Waals surface area contributed by atoms with E-state index in [1.165, 1.54) is 12.1 Å². The Morgan fingerprint density at radius 3 is 2.59 bits per heavy atom. The molecule has 1 amide bonds. The van der Waals surface area contributed by atoms with Crippen molar-refractivity contribution in [2.24, 2.45) is 7.05 Å². The molecular weight excluding hydrogens is 481 g/mol. The number of amides is 1. The molecule has 0 unspecified atom stereocenters. The van der Waals surface area contributed by atoms with E-state index in [1.54, 1.807) is 30.6 Å². The van der Waals surface area contributed by atoms with Crippen LogP contribution in [0, 0.1) is 6.92 Å². The maximum Gasteiger partial charge on any atom is 0.416 e. The van der Waals surface area contributed by atoms with Crippen molar-refractivity contribution in [3.8, 4) is 11.4 Å². The van der Waals surface area contributed by atoms with Crippen LogP contribution in [0.3, 0.4) is 0 Å². The fourth-order valence-electron chi connectivity index (χ4n) is 3.86. The number of carbonyl (C=O) groups excluding carboxylic acids is 1. The van der Waals surface area contributed by atoms with Gasteiger partial charge in [0.05, 0.1) is 10.9 Å². The highest BCUT2D eigenvalue weighted by molar-refractivity contribution is 6.04. The van der Waals surface area contributed by atoms with E-state index in [0.717, 1.165) is 34.3 Å². The summed E-state index contributed by atoms with van der Waals surface area (Å²) in [7, 11) is 1.89. The van der Waals surface area contributed by atoms with Gasteiger partial charge in [0.15, 0.2) is 5.82 Å². The topological polar surface area (TPSA) is 84.7 Å². The van der Waals surface area contributed by atoms with Gasteiger partial charge in [0, 0.05) is 48.1 Å². The molecule has 0 bridgehead atoms. The Balaban J connectivity index is 1.46. The molecule has 2 aromatic carbocycles. The number of anilines is 3. The molecule has 0 aliphatic heterocycles. The molecule has 5 rings (SSSR count). The molecule has 0 radical (unpaired) electrons. The predicted molar refractivity (Wildman–Crippen MR) is 136 cm³/mol. The Morgan fingerprint density at radius 1 is 1.00 bits per heavy atom. The van der Waals surface area contributed by atoms with E-state index in [9.17, 15) is 18.0 Å². The highest BCUT2D eigenvalue weighted by atomic mass is 19.4. The van der Waals surface area contributed by atoms with Crippen LogP contribution < -0.4 is 10.6 Å². The Kier molecular flexibility index (Phi) is 6.08. The summed E-state index contributed by atoms with van der Waals surface area (Å²) in [6.45, 7) is 1.89. The number of pyridine rings is 1. The summed E-state index contributed by atoms with van der Waals surface area (Å²) < 4.78 is 41.1. The number of carbonyl (C=O) groups is 1. The smallest absolute Gasteiger partial charge is 0.339 e. The minimum Gasteiger partial charge on any atom is -0.339 e. The zero-order valence-electron chi connectivity index (χ0n) is 19.8. The monoisotopic (exact) mass is 502 g/mol. The summed E-state index contributed by atoms with van der Waals surface area (Å²) in [4.78, 5) is 26.3.